The molecule has 0 spiro atoms. The lowest BCUT2D eigenvalue weighted by Gasteiger charge is -2.20. The number of carbonyl (C=O) groups excluding carboxylic acids is 2. The zero-order valence-electron chi connectivity index (χ0n) is 18.1. The monoisotopic (exact) mass is 468 g/mol. The third-order valence-corrected chi connectivity index (χ3v) is 6.58. The number of amides is 2. The number of hydrogen-bond donors (Lipinski definition) is 1. The maximum Gasteiger partial charge on any atom is 0.271 e. The summed E-state index contributed by atoms with van der Waals surface area (Å²) in [6.07, 6.45) is 1.72. The lowest BCUT2D eigenvalue weighted by molar-refractivity contribution is -0.384. The minimum Gasteiger partial charge on any atom is -0.376 e. The van der Waals surface area contributed by atoms with E-state index < -0.39 is 16.1 Å². The standard InChI is InChI=1S/C23H24N4O5S/c1-15-7-9-16(10-8-15)25-23-26(14-19-6-3-11-32-19)22(29)20(33-23)13-21(28)24-17-4-2-5-18(12-17)27(30)31/h2,4-5,7-10,12,19-20H,3,6,11,13-14H2,1H3,(H,24,28). The number of nitro benzene ring substituents is 1. The molecule has 2 aromatic carbocycles. The van der Waals surface area contributed by atoms with Gasteiger partial charge >= 0.3 is 0 Å². The topological polar surface area (TPSA) is 114 Å². The number of benzene rings is 2. The summed E-state index contributed by atoms with van der Waals surface area (Å²) in [5.74, 6) is -0.578. The highest BCUT2D eigenvalue weighted by molar-refractivity contribution is 8.15. The van der Waals surface area contributed by atoms with Gasteiger partial charge in [-0.05, 0) is 38.0 Å². The van der Waals surface area contributed by atoms with Crippen LogP contribution in [0.2, 0.25) is 0 Å². The van der Waals surface area contributed by atoms with E-state index in [0.29, 0.717) is 24.0 Å². The van der Waals surface area contributed by atoms with Crippen LogP contribution in [0.4, 0.5) is 17.1 Å². The van der Waals surface area contributed by atoms with Gasteiger partial charge in [-0.1, -0.05) is 35.5 Å². The second kappa shape index (κ2) is 10.1. The number of thioether (sulfide) groups is 1. The number of nitro groups is 1. The minimum absolute atomic E-state index is 0.0461. The van der Waals surface area contributed by atoms with Crippen molar-refractivity contribution in [2.24, 2.45) is 4.99 Å². The first kappa shape index (κ1) is 22.9. The Balaban J connectivity index is 1.48. The maximum absolute atomic E-state index is 13.2. The Kier molecular flexibility index (Phi) is 7.05. The van der Waals surface area contributed by atoms with Gasteiger partial charge in [0.05, 0.1) is 23.3 Å². The second-order valence-electron chi connectivity index (χ2n) is 7.98. The Labute approximate surface area is 195 Å². The van der Waals surface area contributed by atoms with Crippen LogP contribution in [0.25, 0.3) is 0 Å². The molecule has 0 radical (unpaired) electrons. The van der Waals surface area contributed by atoms with Crippen LogP contribution in [0.3, 0.4) is 0 Å². The van der Waals surface area contributed by atoms with Crippen LogP contribution >= 0.6 is 11.8 Å². The molecule has 2 saturated heterocycles. The van der Waals surface area contributed by atoms with E-state index in [0.717, 1.165) is 24.1 Å². The third-order valence-electron chi connectivity index (χ3n) is 5.40. The van der Waals surface area contributed by atoms with Crippen molar-refractivity contribution in [2.45, 2.75) is 37.5 Å². The van der Waals surface area contributed by atoms with Gasteiger partial charge in [-0.15, -0.1) is 0 Å². The van der Waals surface area contributed by atoms with E-state index in [1.165, 1.54) is 30.0 Å². The van der Waals surface area contributed by atoms with Crippen molar-refractivity contribution in [2.75, 3.05) is 18.5 Å². The van der Waals surface area contributed by atoms with Gasteiger partial charge in [-0.25, -0.2) is 4.99 Å². The van der Waals surface area contributed by atoms with Crippen LogP contribution in [-0.4, -0.2) is 51.3 Å². The van der Waals surface area contributed by atoms with Gasteiger partial charge in [0.25, 0.3) is 5.69 Å². The smallest absolute Gasteiger partial charge is 0.271 e. The van der Waals surface area contributed by atoms with Crippen molar-refractivity contribution in [3.8, 4) is 0 Å². The summed E-state index contributed by atoms with van der Waals surface area (Å²) in [6.45, 7) is 3.07. The minimum atomic E-state index is -0.630. The lowest BCUT2D eigenvalue weighted by atomic mass is 10.2. The lowest BCUT2D eigenvalue weighted by Crippen LogP contribution is -2.38. The number of aliphatic imine (C=N–C) groups is 1. The summed E-state index contributed by atoms with van der Waals surface area (Å²) in [6, 6.07) is 13.4. The number of nitrogens with zero attached hydrogens (tertiary/aromatic N) is 3. The average Bonchev–Trinajstić information content (AvgIpc) is 3.40. The molecular weight excluding hydrogens is 444 g/mol. The number of non-ortho nitro benzene ring substituents is 1. The number of carbonyl (C=O) groups is 2. The number of rotatable bonds is 7. The van der Waals surface area contributed by atoms with Crippen molar-refractivity contribution >= 4 is 45.8 Å². The predicted octanol–water partition coefficient (Wildman–Crippen LogP) is 4.04. The highest BCUT2D eigenvalue weighted by atomic mass is 32.2. The SMILES string of the molecule is Cc1ccc(N=C2SC(CC(=O)Nc3cccc([N+](=O)[O-])c3)C(=O)N2CC2CCCO2)cc1. The first-order chi connectivity index (χ1) is 15.9. The molecule has 1 N–H and O–H groups in total. The molecular formula is C23H24N4O5S. The molecule has 33 heavy (non-hydrogen) atoms. The van der Waals surface area contributed by atoms with Gasteiger partial charge in [0.15, 0.2) is 5.17 Å². The largest absolute Gasteiger partial charge is 0.376 e. The van der Waals surface area contributed by atoms with Crippen LogP contribution < -0.4 is 5.32 Å². The molecule has 2 atom stereocenters. The fourth-order valence-corrected chi connectivity index (χ4v) is 4.86. The van der Waals surface area contributed by atoms with E-state index in [9.17, 15) is 19.7 Å². The predicted molar refractivity (Wildman–Crippen MR) is 127 cm³/mol. The van der Waals surface area contributed by atoms with Gasteiger partial charge < -0.3 is 10.1 Å². The summed E-state index contributed by atoms with van der Waals surface area (Å²) in [5, 5.41) is 13.5. The van der Waals surface area contributed by atoms with Crippen molar-refractivity contribution in [3.63, 3.8) is 0 Å². The molecule has 10 heteroatoms. The van der Waals surface area contributed by atoms with E-state index >= 15 is 0 Å². The fourth-order valence-electron chi connectivity index (χ4n) is 3.69. The van der Waals surface area contributed by atoms with Crippen LogP contribution in [0, 0.1) is 17.0 Å². The Morgan fingerprint density at radius 1 is 1.30 bits per heavy atom. The fraction of sp³-hybridized carbons (Fsp3) is 0.348. The first-order valence-electron chi connectivity index (χ1n) is 10.7. The molecule has 172 valence electrons. The molecule has 9 nitrogen and oxygen atoms in total. The highest BCUT2D eigenvalue weighted by Gasteiger charge is 2.40. The van der Waals surface area contributed by atoms with Crippen molar-refractivity contribution in [1.82, 2.24) is 4.90 Å². The number of ether oxygens (including phenoxy) is 1. The van der Waals surface area contributed by atoms with Gasteiger partial charge in [0.2, 0.25) is 11.8 Å². The van der Waals surface area contributed by atoms with Crippen LogP contribution in [-0.2, 0) is 14.3 Å². The number of amidine groups is 1. The zero-order chi connectivity index (χ0) is 23.4. The van der Waals surface area contributed by atoms with Gasteiger partial charge in [-0.2, -0.15) is 0 Å². The molecule has 0 bridgehead atoms. The van der Waals surface area contributed by atoms with Crippen LogP contribution in [0.5, 0.6) is 0 Å². The average molecular weight is 469 g/mol. The zero-order valence-corrected chi connectivity index (χ0v) is 18.9. The van der Waals surface area contributed by atoms with Gasteiger partial charge in [0, 0.05) is 30.8 Å². The summed E-state index contributed by atoms with van der Waals surface area (Å²) in [4.78, 5) is 42.5. The molecule has 4 rings (SSSR count). The maximum atomic E-state index is 13.2. The van der Waals surface area contributed by atoms with Crippen molar-refractivity contribution < 1.29 is 19.2 Å². The summed E-state index contributed by atoms with van der Waals surface area (Å²) >= 11 is 1.26. The van der Waals surface area contributed by atoms with E-state index in [4.69, 9.17) is 4.74 Å². The van der Waals surface area contributed by atoms with Crippen molar-refractivity contribution in [3.05, 3.63) is 64.2 Å². The van der Waals surface area contributed by atoms with E-state index in [1.54, 1.807) is 11.0 Å². The molecule has 2 unspecified atom stereocenters. The van der Waals surface area contributed by atoms with Crippen LogP contribution in [0.15, 0.2) is 53.5 Å². The Morgan fingerprint density at radius 2 is 2.09 bits per heavy atom. The number of hydrogen-bond acceptors (Lipinski definition) is 7. The van der Waals surface area contributed by atoms with E-state index in [1.807, 2.05) is 31.2 Å². The summed E-state index contributed by atoms with van der Waals surface area (Å²) in [7, 11) is 0. The quantitative estimate of drug-likeness (QED) is 0.484. The van der Waals surface area contributed by atoms with Crippen LogP contribution in [0.1, 0.15) is 24.8 Å². The summed E-state index contributed by atoms with van der Waals surface area (Å²) in [5.41, 5.74) is 2.04. The van der Waals surface area contributed by atoms with Crippen molar-refractivity contribution in [1.29, 1.82) is 0 Å². The van der Waals surface area contributed by atoms with Gasteiger partial charge in [-0.3, -0.25) is 24.6 Å². The van der Waals surface area contributed by atoms with Gasteiger partial charge in [0.1, 0.15) is 5.25 Å². The molecule has 2 aromatic rings. The molecule has 2 heterocycles. The molecule has 2 aliphatic rings. The molecule has 0 saturated carbocycles. The molecule has 2 fully saturated rings. The molecule has 0 aliphatic carbocycles. The summed E-state index contributed by atoms with van der Waals surface area (Å²) < 4.78 is 5.71. The number of nitrogens with one attached hydrogen (secondary N) is 1. The van der Waals surface area contributed by atoms with E-state index in [-0.39, 0.29) is 24.1 Å². The van der Waals surface area contributed by atoms with E-state index in [2.05, 4.69) is 10.3 Å². The third kappa shape index (κ3) is 5.77. The Hall–Kier alpha value is -3.24. The number of anilines is 1. The molecule has 2 amide bonds. The first-order valence-corrected chi connectivity index (χ1v) is 11.6. The Bertz CT molecular complexity index is 1080. The molecule has 0 aromatic heterocycles. The second-order valence-corrected chi connectivity index (χ2v) is 9.15. The highest BCUT2D eigenvalue weighted by Crippen LogP contribution is 2.33. The molecule has 2 aliphatic heterocycles. The normalized spacial score (nSPS) is 21.5. The number of aryl methyl sites for hydroxylation is 1. The Morgan fingerprint density at radius 3 is 2.79 bits per heavy atom.